The Morgan fingerprint density at radius 1 is 1.10 bits per heavy atom. The molecule has 2 fully saturated rings. The summed E-state index contributed by atoms with van der Waals surface area (Å²) in [5.41, 5.74) is 3.38. The largest absolute Gasteiger partial charge is 0.372 e. The van der Waals surface area contributed by atoms with Crippen LogP contribution in [-0.4, -0.2) is 88.8 Å². The van der Waals surface area contributed by atoms with E-state index in [9.17, 15) is 4.79 Å². The molecule has 0 aromatic carbocycles. The summed E-state index contributed by atoms with van der Waals surface area (Å²) in [6.45, 7) is 9.02. The third kappa shape index (κ3) is 3.38. The van der Waals surface area contributed by atoms with Crippen molar-refractivity contribution in [2.24, 2.45) is 5.92 Å². The van der Waals surface area contributed by atoms with Crippen LogP contribution in [0, 0.1) is 5.92 Å². The minimum Gasteiger partial charge on any atom is -0.372 e. The van der Waals surface area contributed by atoms with E-state index in [1.807, 2.05) is 35.5 Å². The molecule has 3 aliphatic heterocycles. The van der Waals surface area contributed by atoms with E-state index in [2.05, 4.69) is 21.9 Å². The number of hydrogen-bond donors (Lipinski definition) is 0. The Bertz CT molecular complexity index is 911. The Hall–Kier alpha value is -2.19. The molecule has 0 radical (unpaired) electrons. The van der Waals surface area contributed by atoms with Crippen LogP contribution in [0.4, 0.5) is 5.82 Å². The molecule has 0 aliphatic carbocycles. The lowest BCUT2D eigenvalue weighted by Crippen LogP contribution is -2.58. The lowest BCUT2D eigenvalue weighted by atomic mass is 9.96. The number of rotatable bonds is 2. The summed E-state index contributed by atoms with van der Waals surface area (Å²) in [6, 6.07) is 1.97. The van der Waals surface area contributed by atoms with Crippen molar-refractivity contribution in [1.82, 2.24) is 24.4 Å². The van der Waals surface area contributed by atoms with Crippen molar-refractivity contribution < 1.29 is 9.53 Å². The number of nitrogens with zero attached hydrogens (tertiary/aromatic N) is 6. The fourth-order valence-corrected chi connectivity index (χ4v) is 4.93. The number of morpholine rings is 1. The van der Waals surface area contributed by atoms with Crippen LogP contribution in [0.3, 0.4) is 0 Å². The molecule has 0 N–H and O–H groups in total. The second-order valence-corrected chi connectivity index (χ2v) is 8.87. The zero-order valence-corrected chi connectivity index (χ0v) is 17.5. The highest BCUT2D eigenvalue weighted by Crippen LogP contribution is 2.33. The summed E-state index contributed by atoms with van der Waals surface area (Å²) < 4.78 is 7.75. The molecule has 0 unspecified atom stereocenters. The lowest BCUT2D eigenvalue weighted by molar-refractivity contribution is -0.148. The van der Waals surface area contributed by atoms with Crippen LogP contribution in [0.2, 0.25) is 0 Å². The third-order valence-corrected chi connectivity index (χ3v) is 6.43. The van der Waals surface area contributed by atoms with Gasteiger partial charge in [-0.1, -0.05) is 0 Å². The smallest absolute Gasteiger partial charge is 0.229 e. The van der Waals surface area contributed by atoms with Crippen molar-refractivity contribution in [2.75, 3.05) is 51.2 Å². The maximum Gasteiger partial charge on any atom is 0.229 e. The van der Waals surface area contributed by atoms with Crippen molar-refractivity contribution >= 4 is 17.4 Å². The molecule has 2 aromatic heterocycles. The number of aromatic nitrogens is 3. The standard InChI is InChI=1S/C21H30N6O2/c1-14-10-26(11-15(2)29-14)21(28)16-12-25(13-16)20-17-5-8-24(3)9-6-18(17)23-19-4-7-22-27(19)20/h4,7,14-16H,5-6,8-13H2,1-3H3/t14-,15+. The molecule has 2 atom stereocenters. The van der Waals surface area contributed by atoms with Gasteiger partial charge in [-0.3, -0.25) is 4.79 Å². The summed E-state index contributed by atoms with van der Waals surface area (Å²) >= 11 is 0. The molecule has 0 spiro atoms. The number of anilines is 1. The molecule has 2 saturated heterocycles. The maximum atomic E-state index is 13.1. The van der Waals surface area contributed by atoms with Crippen LogP contribution in [0.15, 0.2) is 12.3 Å². The molecule has 29 heavy (non-hydrogen) atoms. The molecule has 156 valence electrons. The van der Waals surface area contributed by atoms with Gasteiger partial charge in [-0.05, 0) is 27.3 Å². The quantitative estimate of drug-likeness (QED) is 0.747. The summed E-state index contributed by atoms with van der Waals surface area (Å²) in [4.78, 5) is 24.6. The minimum atomic E-state index is 0.0513. The van der Waals surface area contributed by atoms with Gasteiger partial charge in [0.25, 0.3) is 0 Å². The zero-order chi connectivity index (χ0) is 20.1. The van der Waals surface area contributed by atoms with Crippen molar-refractivity contribution in [3.63, 3.8) is 0 Å². The fourth-order valence-electron chi connectivity index (χ4n) is 4.93. The first-order valence-electron chi connectivity index (χ1n) is 10.7. The van der Waals surface area contributed by atoms with E-state index in [0.29, 0.717) is 13.1 Å². The minimum absolute atomic E-state index is 0.0513. The zero-order valence-electron chi connectivity index (χ0n) is 17.5. The van der Waals surface area contributed by atoms with Crippen LogP contribution in [0.5, 0.6) is 0 Å². The van der Waals surface area contributed by atoms with E-state index in [1.54, 1.807) is 0 Å². The molecular formula is C21H30N6O2. The van der Waals surface area contributed by atoms with Crippen LogP contribution in [-0.2, 0) is 22.4 Å². The predicted octanol–water partition coefficient (Wildman–Crippen LogP) is 0.832. The monoisotopic (exact) mass is 398 g/mol. The molecule has 2 aromatic rings. The van der Waals surface area contributed by atoms with Gasteiger partial charge in [0.05, 0.1) is 30.0 Å². The van der Waals surface area contributed by atoms with Gasteiger partial charge < -0.3 is 19.4 Å². The summed E-state index contributed by atoms with van der Waals surface area (Å²) in [5, 5.41) is 4.55. The topological polar surface area (TPSA) is 66.2 Å². The van der Waals surface area contributed by atoms with Gasteiger partial charge in [0, 0.05) is 57.3 Å². The first-order valence-corrected chi connectivity index (χ1v) is 10.7. The molecule has 5 heterocycles. The van der Waals surface area contributed by atoms with E-state index in [4.69, 9.17) is 9.72 Å². The van der Waals surface area contributed by atoms with Gasteiger partial charge in [-0.2, -0.15) is 9.61 Å². The summed E-state index contributed by atoms with van der Waals surface area (Å²) in [7, 11) is 2.17. The Morgan fingerprint density at radius 3 is 2.59 bits per heavy atom. The number of fused-ring (bicyclic) bond motifs is 2. The number of amides is 1. The highest BCUT2D eigenvalue weighted by Gasteiger charge is 2.40. The number of likely N-dealkylation sites (N-methyl/N-ethyl adjacent to an activating group) is 1. The van der Waals surface area contributed by atoms with Crippen molar-refractivity contribution in [1.29, 1.82) is 0 Å². The first kappa shape index (κ1) is 18.8. The van der Waals surface area contributed by atoms with E-state index in [0.717, 1.165) is 50.5 Å². The summed E-state index contributed by atoms with van der Waals surface area (Å²) in [6.07, 6.45) is 3.96. The van der Waals surface area contributed by atoms with Crippen LogP contribution >= 0.6 is 0 Å². The number of carbonyl (C=O) groups excluding carboxylic acids is 1. The SMILES string of the molecule is C[C@@H]1CN(C(=O)C2CN(c3c4c(nc5ccnn35)CCN(C)CC4)C2)C[C@H](C)O1. The van der Waals surface area contributed by atoms with Crippen molar-refractivity contribution in [2.45, 2.75) is 38.9 Å². The van der Waals surface area contributed by atoms with Gasteiger partial charge in [0.1, 0.15) is 5.82 Å². The molecule has 1 amide bonds. The second kappa shape index (κ2) is 7.25. The number of carbonyl (C=O) groups is 1. The normalized spacial score (nSPS) is 26.3. The lowest BCUT2D eigenvalue weighted by Gasteiger charge is -2.44. The van der Waals surface area contributed by atoms with E-state index in [-0.39, 0.29) is 24.0 Å². The van der Waals surface area contributed by atoms with E-state index < -0.39 is 0 Å². The predicted molar refractivity (Wildman–Crippen MR) is 110 cm³/mol. The van der Waals surface area contributed by atoms with Crippen molar-refractivity contribution in [3.8, 4) is 0 Å². The van der Waals surface area contributed by atoms with Crippen LogP contribution in [0.1, 0.15) is 25.1 Å². The highest BCUT2D eigenvalue weighted by atomic mass is 16.5. The van der Waals surface area contributed by atoms with Gasteiger partial charge in [-0.25, -0.2) is 4.98 Å². The molecular weight excluding hydrogens is 368 g/mol. The van der Waals surface area contributed by atoms with Crippen molar-refractivity contribution in [3.05, 3.63) is 23.5 Å². The fraction of sp³-hybridized carbons (Fsp3) is 0.667. The number of ether oxygens (including phenoxy) is 1. The second-order valence-electron chi connectivity index (χ2n) is 8.87. The average Bonchev–Trinajstić information content (AvgIpc) is 3.03. The molecule has 0 bridgehead atoms. The Morgan fingerprint density at radius 2 is 1.83 bits per heavy atom. The Balaban J connectivity index is 1.38. The van der Waals surface area contributed by atoms with E-state index in [1.165, 1.54) is 11.3 Å². The molecule has 0 saturated carbocycles. The summed E-state index contributed by atoms with van der Waals surface area (Å²) in [5.74, 6) is 1.45. The average molecular weight is 399 g/mol. The first-order chi connectivity index (χ1) is 14.0. The van der Waals surface area contributed by atoms with Crippen LogP contribution < -0.4 is 4.90 Å². The Kier molecular flexibility index (Phi) is 4.70. The highest BCUT2D eigenvalue weighted by molar-refractivity contribution is 5.82. The molecule has 8 heteroatoms. The van der Waals surface area contributed by atoms with Gasteiger partial charge in [-0.15, -0.1) is 0 Å². The van der Waals surface area contributed by atoms with Crippen LogP contribution in [0.25, 0.3) is 5.65 Å². The molecule has 5 rings (SSSR count). The Labute approximate surface area is 171 Å². The van der Waals surface area contributed by atoms with Gasteiger partial charge in [0.15, 0.2) is 5.65 Å². The third-order valence-electron chi connectivity index (χ3n) is 6.43. The van der Waals surface area contributed by atoms with Gasteiger partial charge >= 0.3 is 0 Å². The maximum absolute atomic E-state index is 13.1. The molecule has 8 nitrogen and oxygen atoms in total. The number of hydrogen-bond acceptors (Lipinski definition) is 6. The van der Waals surface area contributed by atoms with E-state index >= 15 is 0 Å². The molecule has 3 aliphatic rings. The van der Waals surface area contributed by atoms with Gasteiger partial charge in [0.2, 0.25) is 5.91 Å².